The van der Waals surface area contributed by atoms with Crippen molar-refractivity contribution < 1.29 is 26.9 Å². The summed E-state index contributed by atoms with van der Waals surface area (Å²) in [6, 6.07) is 11.6. The van der Waals surface area contributed by atoms with Crippen LogP contribution in [0.2, 0.25) is 5.02 Å². The predicted molar refractivity (Wildman–Crippen MR) is 89.0 cm³/mol. The Morgan fingerprint density at radius 2 is 1.83 bits per heavy atom. The summed E-state index contributed by atoms with van der Waals surface area (Å²) in [5.41, 5.74) is 0.777. The van der Waals surface area contributed by atoms with Crippen molar-refractivity contribution in [2.45, 2.75) is 6.61 Å². The Bertz CT molecular complexity index is 833. The van der Waals surface area contributed by atoms with Crippen LogP contribution in [0.25, 0.3) is 0 Å². The number of ether oxygens (including phenoxy) is 2. The summed E-state index contributed by atoms with van der Waals surface area (Å²) in [6.07, 6.45) is 0.887. The molecule has 2 aromatic carbocycles. The molecule has 0 fully saturated rings. The third-order valence-electron chi connectivity index (χ3n) is 2.90. The number of hydrogen-bond acceptors (Lipinski definition) is 6. The van der Waals surface area contributed by atoms with Crippen molar-refractivity contribution in [3.05, 3.63) is 58.6 Å². The molecule has 2 aromatic rings. The molecule has 0 unspecified atom stereocenters. The molecule has 2 rings (SSSR count). The summed E-state index contributed by atoms with van der Waals surface area (Å²) in [7, 11) is -2.42. The molecule has 0 saturated carbocycles. The van der Waals surface area contributed by atoms with Crippen LogP contribution in [0, 0.1) is 0 Å². The summed E-state index contributed by atoms with van der Waals surface area (Å²) in [4.78, 5) is 12.3. The number of halogens is 1. The van der Waals surface area contributed by atoms with Gasteiger partial charge in [0.15, 0.2) is 5.75 Å². The van der Waals surface area contributed by atoms with Gasteiger partial charge in [-0.1, -0.05) is 41.9 Å². The van der Waals surface area contributed by atoms with Crippen LogP contribution in [0.5, 0.6) is 11.5 Å². The van der Waals surface area contributed by atoms with Gasteiger partial charge in [-0.3, -0.25) is 0 Å². The lowest BCUT2D eigenvalue weighted by Gasteiger charge is -2.12. The Morgan fingerprint density at radius 3 is 2.42 bits per heavy atom. The van der Waals surface area contributed by atoms with Gasteiger partial charge in [0.1, 0.15) is 17.9 Å². The van der Waals surface area contributed by atoms with Crippen LogP contribution in [0.4, 0.5) is 0 Å². The van der Waals surface area contributed by atoms with Gasteiger partial charge in [-0.15, -0.1) is 0 Å². The van der Waals surface area contributed by atoms with E-state index in [4.69, 9.17) is 25.3 Å². The van der Waals surface area contributed by atoms with Crippen molar-refractivity contribution in [1.29, 1.82) is 0 Å². The first-order valence-electron chi connectivity index (χ1n) is 6.78. The number of benzene rings is 2. The number of rotatable bonds is 6. The van der Waals surface area contributed by atoms with Gasteiger partial charge in [0.05, 0.1) is 18.4 Å². The highest BCUT2D eigenvalue weighted by Gasteiger charge is 2.20. The van der Waals surface area contributed by atoms with E-state index in [1.807, 2.05) is 18.2 Å². The van der Waals surface area contributed by atoms with E-state index < -0.39 is 16.1 Å². The minimum absolute atomic E-state index is 0.0282. The molecule has 0 amide bonds. The van der Waals surface area contributed by atoms with Gasteiger partial charge in [-0.2, -0.15) is 8.42 Å². The van der Waals surface area contributed by atoms with E-state index in [0.29, 0.717) is 0 Å². The fourth-order valence-electron chi connectivity index (χ4n) is 1.95. The minimum atomic E-state index is -3.76. The second-order valence-electron chi connectivity index (χ2n) is 4.84. The zero-order valence-corrected chi connectivity index (χ0v) is 14.6. The third-order valence-corrected chi connectivity index (χ3v) is 3.68. The Morgan fingerprint density at radius 1 is 1.17 bits per heavy atom. The smallest absolute Gasteiger partial charge is 0.342 e. The number of hydrogen-bond donors (Lipinski definition) is 0. The highest BCUT2D eigenvalue weighted by molar-refractivity contribution is 7.86. The van der Waals surface area contributed by atoms with Gasteiger partial charge in [0.2, 0.25) is 0 Å². The monoisotopic (exact) mass is 370 g/mol. The zero-order valence-electron chi connectivity index (χ0n) is 13.0. The molecular formula is C16H15ClO6S. The van der Waals surface area contributed by atoms with Crippen molar-refractivity contribution >= 4 is 27.7 Å². The lowest BCUT2D eigenvalue weighted by molar-refractivity contribution is 0.0468. The van der Waals surface area contributed by atoms with Crippen LogP contribution < -0.4 is 8.92 Å². The van der Waals surface area contributed by atoms with Crippen LogP contribution in [-0.2, 0) is 21.5 Å². The largest absolute Gasteiger partial charge is 0.494 e. The Balaban J connectivity index is 2.27. The van der Waals surface area contributed by atoms with E-state index in [1.165, 1.54) is 19.2 Å². The standard InChI is InChI=1S/C16H15ClO6S/c1-21-15-13(8-12(9-14(15)17)23-24(2,19)20)16(18)22-10-11-6-4-3-5-7-11/h3-9H,10H2,1-2H3. The lowest BCUT2D eigenvalue weighted by atomic mass is 10.2. The Labute approximate surface area is 145 Å². The van der Waals surface area contributed by atoms with E-state index >= 15 is 0 Å². The molecule has 0 bridgehead atoms. The molecule has 0 atom stereocenters. The summed E-state index contributed by atoms with van der Waals surface area (Å²) >= 11 is 6.02. The molecule has 8 heteroatoms. The quantitative estimate of drug-likeness (QED) is 0.574. The van der Waals surface area contributed by atoms with Crippen LogP contribution in [-0.4, -0.2) is 27.8 Å². The van der Waals surface area contributed by atoms with Gasteiger partial charge in [-0.25, -0.2) is 4.79 Å². The van der Waals surface area contributed by atoms with Gasteiger partial charge < -0.3 is 13.7 Å². The first-order valence-corrected chi connectivity index (χ1v) is 8.97. The molecule has 0 aromatic heterocycles. The molecule has 0 aliphatic carbocycles. The topological polar surface area (TPSA) is 78.9 Å². The average Bonchev–Trinajstić information content (AvgIpc) is 2.51. The summed E-state index contributed by atoms with van der Waals surface area (Å²) in [5, 5.41) is 0.0327. The van der Waals surface area contributed by atoms with Crippen molar-refractivity contribution in [2.75, 3.05) is 13.4 Å². The second-order valence-corrected chi connectivity index (χ2v) is 6.82. The van der Waals surface area contributed by atoms with Gasteiger partial charge >= 0.3 is 16.1 Å². The molecule has 0 radical (unpaired) electrons. The maximum absolute atomic E-state index is 12.3. The molecule has 0 saturated heterocycles. The van der Waals surface area contributed by atoms with Gasteiger partial charge in [0, 0.05) is 12.1 Å². The molecular weight excluding hydrogens is 356 g/mol. The van der Waals surface area contributed by atoms with Crippen molar-refractivity contribution in [3.8, 4) is 11.5 Å². The number of carbonyl (C=O) groups excluding carboxylic acids is 1. The van der Waals surface area contributed by atoms with Crippen LogP contribution in [0.1, 0.15) is 15.9 Å². The van der Waals surface area contributed by atoms with Crippen molar-refractivity contribution in [1.82, 2.24) is 0 Å². The number of carbonyl (C=O) groups is 1. The number of esters is 1. The molecule has 0 N–H and O–H groups in total. The minimum Gasteiger partial charge on any atom is -0.494 e. The predicted octanol–water partition coefficient (Wildman–Crippen LogP) is 3.04. The third kappa shape index (κ3) is 4.87. The first kappa shape index (κ1) is 18.1. The maximum atomic E-state index is 12.3. The first-order chi connectivity index (χ1) is 11.3. The fourth-order valence-corrected chi connectivity index (χ4v) is 2.68. The zero-order chi connectivity index (χ0) is 17.7. The molecule has 0 heterocycles. The van der Waals surface area contributed by atoms with Crippen molar-refractivity contribution in [3.63, 3.8) is 0 Å². The SMILES string of the molecule is COc1c(Cl)cc(OS(C)(=O)=O)cc1C(=O)OCc1ccccc1. The highest BCUT2D eigenvalue weighted by Crippen LogP contribution is 2.34. The van der Waals surface area contributed by atoms with E-state index in [-0.39, 0.29) is 28.7 Å². The maximum Gasteiger partial charge on any atom is 0.342 e. The second kappa shape index (κ2) is 7.55. The Kier molecular flexibility index (Phi) is 5.69. The summed E-state index contributed by atoms with van der Waals surface area (Å²) in [5.74, 6) is -0.734. The van der Waals surface area contributed by atoms with Crippen LogP contribution >= 0.6 is 11.6 Å². The number of methoxy groups -OCH3 is 1. The van der Waals surface area contributed by atoms with E-state index in [2.05, 4.69) is 0 Å². The summed E-state index contributed by atoms with van der Waals surface area (Å²) < 4.78 is 37.6. The lowest BCUT2D eigenvalue weighted by Crippen LogP contribution is -2.10. The summed E-state index contributed by atoms with van der Waals surface area (Å²) in [6.45, 7) is 0.0532. The van der Waals surface area contributed by atoms with E-state index in [1.54, 1.807) is 12.1 Å². The molecule has 0 spiro atoms. The van der Waals surface area contributed by atoms with Crippen LogP contribution in [0.15, 0.2) is 42.5 Å². The fraction of sp³-hybridized carbons (Fsp3) is 0.188. The highest BCUT2D eigenvalue weighted by atomic mass is 35.5. The molecule has 0 aliphatic heterocycles. The van der Waals surface area contributed by atoms with Gasteiger partial charge in [0.25, 0.3) is 0 Å². The normalized spacial score (nSPS) is 11.0. The molecule has 6 nitrogen and oxygen atoms in total. The molecule has 128 valence electrons. The molecule has 24 heavy (non-hydrogen) atoms. The van der Waals surface area contributed by atoms with Crippen LogP contribution in [0.3, 0.4) is 0 Å². The van der Waals surface area contributed by atoms with Gasteiger partial charge in [-0.05, 0) is 5.56 Å². The Hall–Kier alpha value is -2.25. The van der Waals surface area contributed by atoms with Crippen molar-refractivity contribution in [2.24, 2.45) is 0 Å². The van der Waals surface area contributed by atoms with E-state index in [9.17, 15) is 13.2 Å². The van der Waals surface area contributed by atoms with E-state index in [0.717, 1.165) is 11.8 Å². The molecule has 0 aliphatic rings. The average molecular weight is 371 g/mol.